The van der Waals surface area contributed by atoms with Crippen molar-refractivity contribution in [1.29, 1.82) is 0 Å². The Labute approximate surface area is 194 Å². The predicted octanol–water partition coefficient (Wildman–Crippen LogP) is 2.37. The van der Waals surface area contributed by atoms with Gasteiger partial charge in [0.05, 0.1) is 16.7 Å². The van der Waals surface area contributed by atoms with E-state index in [1.54, 1.807) is 18.2 Å². The number of anilines is 1. The monoisotopic (exact) mass is 481 g/mol. The van der Waals surface area contributed by atoms with Crippen molar-refractivity contribution in [3.05, 3.63) is 18.2 Å². The fourth-order valence-corrected chi connectivity index (χ4v) is 7.01. The van der Waals surface area contributed by atoms with Crippen molar-refractivity contribution >= 4 is 39.3 Å². The zero-order chi connectivity index (χ0) is 22.7. The number of hydrogen-bond donors (Lipinski definition) is 1. The van der Waals surface area contributed by atoms with E-state index in [2.05, 4.69) is 5.32 Å². The normalized spacial score (nSPS) is 24.8. The Morgan fingerprint density at radius 1 is 1.22 bits per heavy atom. The van der Waals surface area contributed by atoms with Crippen LogP contribution in [0.3, 0.4) is 0 Å². The molecular formula is C22H31N3O5S2. The molecule has 0 radical (unpaired) electrons. The molecule has 0 spiro atoms. The average molecular weight is 482 g/mol. The van der Waals surface area contributed by atoms with E-state index >= 15 is 0 Å². The summed E-state index contributed by atoms with van der Waals surface area (Å²) in [4.78, 5) is 28.1. The van der Waals surface area contributed by atoms with Crippen LogP contribution in [-0.4, -0.2) is 68.7 Å². The molecule has 2 atom stereocenters. The number of carbonyl (C=O) groups excluding carboxylic acids is 2. The molecule has 1 N–H and O–H groups in total. The summed E-state index contributed by atoms with van der Waals surface area (Å²) in [7, 11) is -3.64. The topological polar surface area (TPSA) is 96.0 Å². The Balaban J connectivity index is 1.58. The summed E-state index contributed by atoms with van der Waals surface area (Å²) < 4.78 is 33.5. The summed E-state index contributed by atoms with van der Waals surface area (Å²) in [6, 6.07) is 4.95. The van der Waals surface area contributed by atoms with Crippen molar-refractivity contribution in [1.82, 2.24) is 9.62 Å². The van der Waals surface area contributed by atoms with Crippen LogP contribution in [0.5, 0.6) is 0 Å². The lowest BCUT2D eigenvalue weighted by molar-refractivity contribution is -0.124. The number of piperidine rings is 1. The quantitative estimate of drug-likeness (QED) is 0.670. The van der Waals surface area contributed by atoms with Crippen LogP contribution in [0.1, 0.15) is 45.4 Å². The molecule has 0 saturated carbocycles. The van der Waals surface area contributed by atoms with E-state index < -0.39 is 10.0 Å². The van der Waals surface area contributed by atoms with Gasteiger partial charge < -0.3 is 15.0 Å². The van der Waals surface area contributed by atoms with Gasteiger partial charge in [-0.1, -0.05) is 13.3 Å². The molecule has 0 bridgehead atoms. The van der Waals surface area contributed by atoms with E-state index in [9.17, 15) is 18.0 Å². The van der Waals surface area contributed by atoms with Gasteiger partial charge in [-0.25, -0.2) is 8.42 Å². The Morgan fingerprint density at radius 2 is 2.00 bits per heavy atom. The lowest BCUT2D eigenvalue weighted by atomic mass is 10.2. The van der Waals surface area contributed by atoms with Crippen molar-refractivity contribution in [3.63, 3.8) is 0 Å². The van der Waals surface area contributed by atoms with Gasteiger partial charge in [0.2, 0.25) is 21.8 Å². The number of sulfonamides is 1. The molecule has 8 nitrogen and oxygen atoms in total. The molecule has 3 aliphatic rings. The number of fused-ring (bicyclic) bond motifs is 1. The van der Waals surface area contributed by atoms with Gasteiger partial charge >= 0.3 is 0 Å². The third-order valence-corrected chi connectivity index (χ3v) is 9.18. The van der Waals surface area contributed by atoms with Crippen molar-refractivity contribution in [2.45, 2.75) is 66.6 Å². The van der Waals surface area contributed by atoms with Crippen molar-refractivity contribution < 1.29 is 22.7 Å². The zero-order valence-corrected chi connectivity index (χ0v) is 20.1. The maximum atomic E-state index is 13.2. The Kier molecular flexibility index (Phi) is 7.44. The summed E-state index contributed by atoms with van der Waals surface area (Å²) >= 11 is 1.53. The van der Waals surface area contributed by atoms with E-state index in [-0.39, 0.29) is 41.0 Å². The molecule has 1 aromatic carbocycles. The van der Waals surface area contributed by atoms with Crippen LogP contribution in [-0.2, 0) is 24.3 Å². The highest BCUT2D eigenvalue weighted by Crippen LogP contribution is 2.39. The number of amides is 2. The largest absolute Gasteiger partial charge is 0.376 e. The van der Waals surface area contributed by atoms with Gasteiger partial charge in [0.1, 0.15) is 6.54 Å². The lowest BCUT2D eigenvalue weighted by Crippen LogP contribution is -2.43. The molecule has 0 aromatic heterocycles. The second-order valence-corrected chi connectivity index (χ2v) is 12.1. The number of nitrogens with one attached hydrogen (secondary N) is 1. The van der Waals surface area contributed by atoms with Gasteiger partial charge in [-0.2, -0.15) is 4.31 Å². The predicted molar refractivity (Wildman–Crippen MR) is 123 cm³/mol. The van der Waals surface area contributed by atoms with Crippen LogP contribution in [0.2, 0.25) is 0 Å². The molecule has 32 heavy (non-hydrogen) atoms. The van der Waals surface area contributed by atoms with Gasteiger partial charge in [-0.3, -0.25) is 9.59 Å². The van der Waals surface area contributed by atoms with Crippen molar-refractivity contribution in [3.8, 4) is 0 Å². The molecule has 10 heteroatoms. The number of ether oxygens (including phenoxy) is 1. The van der Waals surface area contributed by atoms with E-state index in [0.717, 1.165) is 37.0 Å². The molecule has 3 heterocycles. The lowest BCUT2D eigenvalue weighted by Gasteiger charge is -2.27. The minimum atomic E-state index is -3.64. The maximum Gasteiger partial charge on any atom is 0.243 e. The van der Waals surface area contributed by atoms with Gasteiger partial charge in [0, 0.05) is 42.8 Å². The number of hydrogen-bond acceptors (Lipinski definition) is 6. The third-order valence-electron chi connectivity index (χ3n) is 6.12. The van der Waals surface area contributed by atoms with Gasteiger partial charge in [-0.05, 0) is 43.9 Å². The maximum absolute atomic E-state index is 13.2. The number of carbonyl (C=O) groups is 2. The van der Waals surface area contributed by atoms with Crippen LogP contribution >= 0.6 is 11.8 Å². The number of nitrogens with zero attached hydrogens (tertiary/aromatic N) is 2. The van der Waals surface area contributed by atoms with E-state index in [1.807, 2.05) is 6.92 Å². The molecule has 2 amide bonds. The Bertz CT molecular complexity index is 956. The molecular weight excluding hydrogens is 450 g/mol. The third kappa shape index (κ3) is 5.30. The number of rotatable bonds is 6. The molecule has 2 fully saturated rings. The molecule has 3 aliphatic heterocycles. The minimum absolute atomic E-state index is 0.0166. The highest BCUT2D eigenvalue weighted by atomic mass is 32.2. The fourth-order valence-electron chi connectivity index (χ4n) is 4.38. The first kappa shape index (κ1) is 23.5. The standard InChI is InChI=1S/C22H31N3O5S2/c1-16-12-22(27)25(15-21(26)23-14-17-6-5-11-30-17)19-13-18(7-8-20(19)31-16)32(28,29)24-9-3-2-4-10-24/h7-8,13,16-17H,2-6,9-12,14-15H2,1H3,(H,23,26). The average Bonchev–Trinajstić information content (AvgIpc) is 3.27. The molecule has 176 valence electrons. The van der Waals surface area contributed by atoms with Crippen LogP contribution < -0.4 is 10.2 Å². The highest BCUT2D eigenvalue weighted by Gasteiger charge is 2.32. The van der Waals surface area contributed by atoms with Crippen LogP contribution in [0.25, 0.3) is 0 Å². The van der Waals surface area contributed by atoms with Gasteiger partial charge in [0.15, 0.2) is 0 Å². The summed E-state index contributed by atoms with van der Waals surface area (Å²) in [5.74, 6) is -0.452. The number of benzene rings is 1. The van der Waals surface area contributed by atoms with Gasteiger partial charge in [0.25, 0.3) is 0 Å². The van der Waals surface area contributed by atoms with Crippen LogP contribution in [0.15, 0.2) is 28.0 Å². The summed E-state index contributed by atoms with van der Waals surface area (Å²) in [5.41, 5.74) is 0.495. The Morgan fingerprint density at radius 3 is 2.72 bits per heavy atom. The van der Waals surface area contributed by atoms with Gasteiger partial charge in [-0.15, -0.1) is 11.8 Å². The fraction of sp³-hybridized carbons (Fsp3) is 0.636. The van der Waals surface area contributed by atoms with Crippen LogP contribution in [0.4, 0.5) is 5.69 Å². The van der Waals surface area contributed by atoms with E-state index in [0.29, 0.717) is 31.9 Å². The SMILES string of the molecule is CC1CC(=O)N(CC(=O)NCC2CCCO2)c2cc(S(=O)(=O)N3CCCCC3)ccc2S1. The van der Waals surface area contributed by atoms with Crippen molar-refractivity contribution in [2.75, 3.05) is 37.7 Å². The molecule has 0 aliphatic carbocycles. The second kappa shape index (κ2) is 10.1. The summed E-state index contributed by atoms with van der Waals surface area (Å²) in [6.45, 7) is 3.98. The molecule has 2 unspecified atom stereocenters. The first-order valence-electron chi connectivity index (χ1n) is 11.3. The smallest absolute Gasteiger partial charge is 0.243 e. The van der Waals surface area contributed by atoms with Crippen LogP contribution in [0, 0.1) is 0 Å². The summed E-state index contributed by atoms with van der Waals surface area (Å²) in [6.07, 6.45) is 4.95. The first-order valence-corrected chi connectivity index (χ1v) is 13.7. The second-order valence-electron chi connectivity index (χ2n) is 8.65. The summed E-state index contributed by atoms with van der Waals surface area (Å²) in [5, 5.41) is 2.89. The van der Waals surface area contributed by atoms with E-state index in [4.69, 9.17) is 4.74 Å². The minimum Gasteiger partial charge on any atom is -0.376 e. The zero-order valence-electron chi connectivity index (χ0n) is 18.4. The first-order chi connectivity index (χ1) is 15.3. The van der Waals surface area contributed by atoms with E-state index in [1.165, 1.54) is 21.0 Å². The Hall–Kier alpha value is -1.62. The molecule has 1 aromatic rings. The molecule has 2 saturated heterocycles. The highest BCUT2D eigenvalue weighted by molar-refractivity contribution is 8.00. The van der Waals surface area contributed by atoms with Crippen molar-refractivity contribution in [2.24, 2.45) is 0 Å². The molecule has 4 rings (SSSR count). The number of thioether (sulfide) groups is 1.